The minimum atomic E-state index is -3.81. The fourth-order valence-corrected chi connectivity index (χ4v) is 3.86. The fraction of sp³-hybridized carbons (Fsp3) is 0.214. The molecule has 8 heteroatoms. The van der Waals surface area contributed by atoms with Crippen LogP contribution in [0, 0.1) is 6.92 Å². The Morgan fingerprint density at radius 3 is 2.68 bits per heavy atom. The topological polar surface area (TPSA) is 86.7 Å². The van der Waals surface area contributed by atoms with Crippen LogP contribution < -0.4 is 60.4 Å². The molecule has 3 rings (SSSR count). The van der Waals surface area contributed by atoms with E-state index in [0.717, 1.165) is 20.6 Å². The van der Waals surface area contributed by atoms with Crippen molar-refractivity contribution in [2.24, 2.45) is 0 Å². The Morgan fingerprint density at radius 1 is 1.32 bits per heavy atom. The molecule has 2 aromatic rings. The summed E-state index contributed by atoms with van der Waals surface area (Å²) < 4.78 is 27.3. The fourth-order valence-electron chi connectivity index (χ4n) is 2.46. The molecular weight excluding hydrogens is 331 g/mol. The molecule has 1 saturated heterocycles. The summed E-state index contributed by atoms with van der Waals surface area (Å²) in [7, 11) is -3.81. The zero-order valence-electron chi connectivity index (χ0n) is 13.3. The van der Waals surface area contributed by atoms with Gasteiger partial charge in [-0.1, -0.05) is 23.8 Å². The molecule has 1 unspecified atom stereocenters. The Morgan fingerprint density at radius 2 is 2.05 bits per heavy atom. The van der Waals surface area contributed by atoms with Crippen LogP contribution >= 0.6 is 0 Å². The summed E-state index contributed by atoms with van der Waals surface area (Å²) in [5.74, 6) is -0.136. The monoisotopic (exact) mass is 346 g/mol. The first-order valence-corrected chi connectivity index (χ1v) is 7.83. The van der Waals surface area contributed by atoms with Crippen molar-refractivity contribution in [2.75, 3.05) is 10.8 Å². The first-order chi connectivity index (χ1) is 9.90. The van der Waals surface area contributed by atoms with E-state index in [-0.39, 0.29) is 70.8 Å². The quantitative estimate of drug-likeness (QED) is 0.496. The zero-order valence-corrected chi connectivity index (χ0v) is 16.2. The molecule has 0 saturated carbocycles. The van der Waals surface area contributed by atoms with Gasteiger partial charge in [0.05, 0.1) is 18.3 Å². The number of hydrogen-bond donors (Lipinski definition) is 2. The van der Waals surface area contributed by atoms with Gasteiger partial charge in [-0.25, -0.2) is 0 Å². The van der Waals surface area contributed by atoms with Gasteiger partial charge in [-0.2, -0.15) is 13.1 Å². The van der Waals surface area contributed by atoms with Crippen molar-refractivity contribution in [3.63, 3.8) is 0 Å². The Labute approximate surface area is 172 Å². The number of nitrogens with zero attached hydrogens (tertiary/aromatic N) is 1. The molecule has 2 N–H and O–H groups in total. The number of aryl methyl sites for hydroxylation is 1. The van der Waals surface area contributed by atoms with Crippen molar-refractivity contribution in [2.45, 2.75) is 13.0 Å². The van der Waals surface area contributed by atoms with E-state index in [1.54, 1.807) is 6.07 Å². The molecular formula is C14H15KN2O4S. The Hall–Kier alpha value is -0.484. The molecule has 22 heavy (non-hydrogen) atoms. The van der Waals surface area contributed by atoms with Crippen LogP contribution in [0.1, 0.15) is 6.99 Å². The van der Waals surface area contributed by atoms with E-state index >= 15 is 0 Å². The van der Waals surface area contributed by atoms with Crippen LogP contribution in [0.25, 0.3) is 10.8 Å². The number of nitrogens with one attached hydrogen (secondary N) is 1. The van der Waals surface area contributed by atoms with Crippen LogP contribution in [0.5, 0.6) is 5.75 Å². The number of carbonyl (C=O) groups excluding carboxylic acids is 1. The molecule has 1 aliphatic heterocycles. The maximum absolute atomic E-state index is 12.0. The van der Waals surface area contributed by atoms with E-state index < -0.39 is 16.3 Å². The van der Waals surface area contributed by atoms with Crippen molar-refractivity contribution >= 4 is 33.0 Å². The Bertz CT molecular complexity index is 844. The molecule has 2 aromatic carbocycles. The average molecular weight is 346 g/mol. The molecule has 1 heterocycles. The van der Waals surface area contributed by atoms with Crippen molar-refractivity contribution in [3.05, 3.63) is 35.9 Å². The van der Waals surface area contributed by atoms with Crippen LogP contribution in [0.3, 0.4) is 0 Å². The molecule has 0 amide bonds. The van der Waals surface area contributed by atoms with Crippen LogP contribution in [0.4, 0.5) is 5.69 Å². The average Bonchev–Trinajstić information content (AvgIpc) is 2.73. The van der Waals surface area contributed by atoms with E-state index in [1.165, 1.54) is 6.07 Å². The molecule has 0 bridgehead atoms. The van der Waals surface area contributed by atoms with E-state index in [2.05, 4.69) is 4.72 Å². The van der Waals surface area contributed by atoms with E-state index in [1.807, 2.05) is 25.1 Å². The maximum atomic E-state index is 12.0. The second-order valence-electron chi connectivity index (χ2n) is 5.09. The van der Waals surface area contributed by atoms with E-state index in [0.29, 0.717) is 6.29 Å². The third kappa shape index (κ3) is 3.23. The summed E-state index contributed by atoms with van der Waals surface area (Å²) in [5.41, 5.74) is 1.21. The number of benzene rings is 2. The van der Waals surface area contributed by atoms with Crippen LogP contribution in [-0.4, -0.2) is 32.4 Å². The first-order valence-electron chi connectivity index (χ1n) is 6.39. The number of phenolic OH excluding ortho intramolecular Hbond substituents is 1. The summed E-state index contributed by atoms with van der Waals surface area (Å²) >= 11 is 0. The molecule has 1 aliphatic rings. The third-order valence-corrected chi connectivity index (χ3v) is 5.00. The number of fused-ring (bicyclic) bond motifs is 1. The van der Waals surface area contributed by atoms with Crippen LogP contribution in [0.15, 0.2) is 30.3 Å². The molecule has 0 aromatic heterocycles. The van der Waals surface area contributed by atoms with Gasteiger partial charge in [-0.15, -0.1) is 0 Å². The van der Waals surface area contributed by atoms with Gasteiger partial charge in [0.1, 0.15) is 12.0 Å². The van der Waals surface area contributed by atoms with Gasteiger partial charge < -0.3 is 11.3 Å². The standard InChI is InChI=1S/C14H14N2O4S.K.H/c1-9-2-3-10-6-14(18)13(5-11(10)4-9)16-7-12(8-17)15-21(16,19)20;;/h2-6,8,12,15,18H,7H2,1H3;;/q;+1;-1. The Kier molecular flexibility index (Phi) is 5.33. The van der Waals surface area contributed by atoms with E-state index in [4.69, 9.17) is 0 Å². The van der Waals surface area contributed by atoms with Crippen molar-refractivity contribution in [1.82, 2.24) is 4.72 Å². The summed E-state index contributed by atoms with van der Waals surface area (Å²) in [6.45, 7) is 1.90. The van der Waals surface area contributed by atoms with Gasteiger partial charge in [-0.3, -0.25) is 4.31 Å². The second-order valence-corrected chi connectivity index (χ2v) is 6.71. The van der Waals surface area contributed by atoms with Crippen molar-refractivity contribution in [1.29, 1.82) is 0 Å². The summed E-state index contributed by atoms with van der Waals surface area (Å²) in [5, 5.41) is 11.8. The molecule has 6 nitrogen and oxygen atoms in total. The molecule has 0 spiro atoms. The van der Waals surface area contributed by atoms with Gasteiger partial charge in [0.2, 0.25) is 0 Å². The molecule has 1 atom stereocenters. The first kappa shape index (κ1) is 17.9. The number of rotatable bonds is 2. The van der Waals surface area contributed by atoms with Crippen molar-refractivity contribution in [3.8, 4) is 5.75 Å². The van der Waals surface area contributed by atoms with Crippen molar-refractivity contribution < 1.29 is 71.1 Å². The predicted molar refractivity (Wildman–Crippen MR) is 80.7 cm³/mol. The molecule has 1 fully saturated rings. The van der Waals surface area contributed by atoms with Gasteiger partial charge >= 0.3 is 61.6 Å². The number of hydrogen-bond acceptors (Lipinski definition) is 4. The molecule has 112 valence electrons. The summed E-state index contributed by atoms with van der Waals surface area (Å²) in [6, 6.07) is 8.02. The number of aldehydes is 1. The molecule has 0 aliphatic carbocycles. The zero-order chi connectivity index (χ0) is 15.2. The predicted octanol–water partition coefficient (Wildman–Crippen LogP) is -1.81. The number of carbonyl (C=O) groups is 1. The van der Waals surface area contributed by atoms with Gasteiger partial charge in [-0.05, 0) is 29.8 Å². The van der Waals surface area contributed by atoms with Crippen LogP contribution in [-0.2, 0) is 15.0 Å². The largest absolute Gasteiger partial charge is 1.00 e. The van der Waals surface area contributed by atoms with Gasteiger partial charge in [0.15, 0.2) is 0 Å². The second kappa shape index (κ2) is 6.56. The number of anilines is 1. The summed E-state index contributed by atoms with van der Waals surface area (Å²) in [6.07, 6.45) is 0.541. The minimum absolute atomic E-state index is 0. The van der Waals surface area contributed by atoms with E-state index in [9.17, 15) is 18.3 Å². The van der Waals surface area contributed by atoms with Gasteiger partial charge in [0.25, 0.3) is 0 Å². The smallest absolute Gasteiger partial charge is 1.00 e. The third-order valence-electron chi connectivity index (χ3n) is 3.48. The maximum Gasteiger partial charge on any atom is 1.00 e. The SMILES string of the molecule is Cc1ccc2cc(O)c(N3CC(C=O)NS3(=O)=O)cc2c1.[H-].[K+]. The number of phenols is 1. The molecule has 0 radical (unpaired) electrons. The minimum Gasteiger partial charge on any atom is -1.00 e. The number of aromatic hydroxyl groups is 1. The van der Waals surface area contributed by atoms with Gasteiger partial charge in [0, 0.05) is 0 Å². The Balaban J connectivity index is 0.00000132. The summed E-state index contributed by atoms with van der Waals surface area (Å²) in [4.78, 5) is 10.8. The normalized spacial score (nSPS) is 19.9. The van der Waals surface area contributed by atoms with Crippen LogP contribution in [0.2, 0.25) is 0 Å².